The van der Waals surface area contributed by atoms with Gasteiger partial charge in [0.15, 0.2) is 22.5 Å². The van der Waals surface area contributed by atoms with Gasteiger partial charge in [0, 0.05) is 16.3 Å². The molecular formula is C24H20ClN5O3S. The van der Waals surface area contributed by atoms with Crippen LogP contribution in [0.15, 0.2) is 83.1 Å². The lowest BCUT2D eigenvalue weighted by molar-refractivity contribution is -0.118. The monoisotopic (exact) mass is 493 g/mol. The Balaban J connectivity index is 1.48. The second-order valence-electron chi connectivity index (χ2n) is 7.00. The van der Waals surface area contributed by atoms with E-state index in [9.17, 15) is 9.90 Å². The number of thioether (sulfide) groups is 1. The van der Waals surface area contributed by atoms with Gasteiger partial charge in [-0.05, 0) is 48.0 Å². The number of aromatic nitrogens is 3. The third-order valence-corrected chi connectivity index (χ3v) is 5.87. The normalized spacial score (nSPS) is 11.0. The molecule has 0 aliphatic rings. The summed E-state index contributed by atoms with van der Waals surface area (Å²) in [5, 5.41) is 23.5. The number of hydrogen-bond acceptors (Lipinski definition) is 7. The molecular weight excluding hydrogens is 474 g/mol. The second-order valence-corrected chi connectivity index (χ2v) is 8.38. The highest BCUT2D eigenvalue weighted by molar-refractivity contribution is 7.99. The van der Waals surface area contributed by atoms with Crippen LogP contribution in [0.25, 0.3) is 17.1 Å². The van der Waals surface area contributed by atoms with E-state index in [0.717, 1.165) is 11.3 Å². The molecule has 0 aliphatic carbocycles. The van der Waals surface area contributed by atoms with Gasteiger partial charge in [-0.1, -0.05) is 53.7 Å². The molecule has 1 heterocycles. The molecule has 4 rings (SSSR count). The highest BCUT2D eigenvalue weighted by Crippen LogP contribution is 2.28. The van der Waals surface area contributed by atoms with Gasteiger partial charge in [0.25, 0.3) is 5.91 Å². The van der Waals surface area contributed by atoms with Crippen molar-refractivity contribution in [3.8, 4) is 28.6 Å². The molecule has 0 saturated heterocycles. The Bertz CT molecular complexity index is 1310. The van der Waals surface area contributed by atoms with E-state index in [4.69, 9.17) is 16.3 Å². The zero-order valence-corrected chi connectivity index (χ0v) is 19.6. The van der Waals surface area contributed by atoms with Crippen molar-refractivity contribution in [2.75, 3.05) is 12.9 Å². The minimum atomic E-state index is -0.307. The molecule has 10 heteroatoms. The number of nitrogens with one attached hydrogen (secondary N) is 1. The quantitative estimate of drug-likeness (QED) is 0.212. The number of ether oxygens (including phenoxy) is 1. The first-order valence-corrected chi connectivity index (χ1v) is 11.5. The van der Waals surface area contributed by atoms with Crippen molar-refractivity contribution in [2.45, 2.75) is 5.16 Å². The van der Waals surface area contributed by atoms with Crippen molar-refractivity contribution in [3.63, 3.8) is 0 Å². The van der Waals surface area contributed by atoms with Crippen LogP contribution in [0.3, 0.4) is 0 Å². The van der Waals surface area contributed by atoms with Gasteiger partial charge in [-0.3, -0.25) is 9.36 Å². The molecule has 4 aromatic rings. The van der Waals surface area contributed by atoms with Crippen LogP contribution in [0.4, 0.5) is 0 Å². The van der Waals surface area contributed by atoms with Crippen LogP contribution in [-0.4, -0.2) is 44.9 Å². The average molecular weight is 494 g/mol. The van der Waals surface area contributed by atoms with Crippen molar-refractivity contribution < 1.29 is 14.6 Å². The molecule has 3 aromatic carbocycles. The number of carbonyl (C=O) groups excluding carboxylic acids is 1. The number of aromatic hydroxyl groups is 1. The first-order chi connectivity index (χ1) is 16.5. The molecule has 0 spiro atoms. The zero-order valence-electron chi connectivity index (χ0n) is 18.1. The predicted molar refractivity (Wildman–Crippen MR) is 133 cm³/mol. The molecule has 0 radical (unpaired) electrons. The van der Waals surface area contributed by atoms with Crippen molar-refractivity contribution in [2.24, 2.45) is 5.10 Å². The minimum Gasteiger partial charge on any atom is -0.504 e. The Labute approximate surface area is 205 Å². The van der Waals surface area contributed by atoms with E-state index in [-0.39, 0.29) is 17.4 Å². The molecule has 1 amide bonds. The maximum absolute atomic E-state index is 12.4. The molecule has 2 N–H and O–H groups in total. The lowest BCUT2D eigenvalue weighted by Gasteiger charge is -2.10. The fraction of sp³-hybridized carbons (Fsp3) is 0.0833. The molecule has 0 unspecified atom stereocenters. The summed E-state index contributed by atoms with van der Waals surface area (Å²) in [6.07, 6.45) is 1.47. The van der Waals surface area contributed by atoms with E-state index in [0.29, 0.717) is 27.3 Å². The average Bonchev–Trinajstić information content (AvgIpc) is 3.29. The molecule has 0 atom stereocenters. The van der Waals surface area contributed by atoms with Gasteiger partial charge in [-0.25, -0.2) is 5.43 Å². The standard InChI is InChI=1S/C24H20ClN5O3S/c1-33-21-13-16(7-12-20(21)31)14-26-27-22(32)15-34-24-29-28-23(17-5-3-2-4-6-17)30(24)19-10-8-18(25)9-11-19/h2-14,31H,15H2,1H3,(H,27,32)/b26-14-. The maximum atomic E-state index is 12.4. The van der Waals surface area contributed by atoms with E-state index < -0.39 is 0 Å². The number of rotatable bonds is 8. The number of halogens is 1. The van der Waals surface area contributed by atoms with E-state index in [1.54, 1.807) is 24.3 Å². The summed E-state index contributed by atoms with van der Waals surface area (Å²) < 4.78 is 6.95. The van der Waals surface area contributed by atoms with Crippen LogP contribution < -0.4 is 10.2 Å². The number of carbonyl (C=O) groups is 1. The smallest absolute Gasteiger partial charge is 0.250 e. The van der Waals surface area contributed by atoms with Crippen LogP contribution >= 0.6 is 23.4 Å². The summed E-state index contributed by atoms with van der Waals surface area (Å²) in [6, 6.07) is 21.8. The predicted octanol–water partition coefficient (Wildman–Crippen LogP) is 4.54. The van der Waals surface area contributed by atoms with E-state index in [1.807, 2.05) is 47.0 Å². The van der Waals surface area contributed by atoms with Crippen LogP contribution in [-0.2, 0) is 4.79 Å². The topological polar surface area (TPSA) is 102 Å². The Morgan fingerprint density at radius 2 is 1.91 bits per heavy atom. The molecule has 0 bridgehead atoms. The van der Waals surface area contributed by atoms with E-state index in [2.05, 4.69) is 20.7 Å². The van der Waals surface area contributed by atoms with Crippen molar-refractivity contribution in [3.05, 3.63) is 83.4 Å². The molecule has 0 saturated carbocycles. The van der Waals surface area contributed by atoms with Gasteiger partial charge < -0.3 is 9.84 Å². The number of methoxy groups -OCH3 is 1. The Hall–Kier alpha value is -3.82. The third-order valence-electron chi connectivity index (χ3n) is 4.69. The number of benzene rings is 3. The van der Waals surface area contributed by atoms with Gasteiger partial charge in [0.1, 0.15) is 0 Å². The highest BCUT2D eigenvalue weighted by atomic mass is 35.5. The van der Waals surface area contributed by atoms with Gasteiger partial charge in [0.2, 0.25) is 0 Å². The number of phenolic OH excluding ortho intramolecular Hbond substituents is 1. The molecule has 172 valence electrons. The molecule has 8 nitrogen and oxygen atoms in total. The number of phenols is 1. The van der Waals surface area contributed by atoms with Gasteiger partial charge >= 0.3 is 0 Å². The number of nitrogens with zero attached hydrogens (tertiary/aromatic N) is 4. The fourth-order valence-corrected chi connectivity index (χ4v) is 3.95. The van der Waals surface area contributed by atoms with Crippen molar-refractivity contribution in [1.82, 2.24) is 20.2 Å². The third kappa shape index (κ3) is 5.56. The highest BCUT2D eigenvalue weighted by Gasteiger charge is 2.17. The maximum Gasteiger partial charge on any atom is 0.250 e. The summed E-state index contributed by atoms with van der Waals surface area (Å²) in [4.78, 5) is 12.4. The van der Waals surface area contributed by atoms with Crippen molar-refractivity contribution in [1.29, 1.82) is 0 Å². The van der Waals surface area contributed by atoms with Gasteiger partial charge in [-0.2, -0.15) is 5.10 Å². The van der Waals surface area contributed by atoms with Crippen molar-refractivity contribution >= 4 is 35.5 Å². The zero-order chi connectivity index (χ0) is 23.9. The second kappa shape index (κ2) is 10.9. The van der Waals surface area contributed by atoms with Crippen LogP contribution in [0.1, 0.15) is 5.56 Å². The van der Waals surface area contributed by atoms with Crippen LogP contribution in [0.5, 0.6) is 11.5 Å². The molecule has 34 heavy (non-hydrogen) atoms. The minimum absolute atomic E-state index is 0.0276. The largest absolute Gasteiger partial charge is 0.504 e. The molecule has 0 fully saturated rings. The lowest BCUT2D eigenvalue weighted by Crippen LogP contribution is -2.20. The molecule has 1 aromatic heterocycles. The number of hydrazone groups is 1. The first-order valence-electron chi connectivity index (χ1n) is 10.1. The van der Waals surface area contributed by atoms with Gasteiger partial charge in [-0.15, -0.1) is 10.2 Å². The summed E-state index contributed by atoms with van der Waals surface area (Å²) in [7, 11) is 1.46. The number of hydrogen-bond donors (Lipinski definition) is 2. The summed E-state index contributed by atoms with van der Waals surface area (Å²) in [5.74, 6) is 0.780. The summed E-state index contributed by atoms with van der Waals surface area (Å²) in [5.41, 5.74) is 4.88. The Morgan fingerprint density at radius 1 is 1.15 bits per heavy atom. The summed E-state index contributed by atoms with van der Waals surface area (Å²) >= 11 is 7.30. The van der Waals surface area contributed by atoms with Crippen LogP contribution in [0, 0.1) is 0 Å². The van der Waals surface area contributed by atoms with E-state index >= 15 is 0 Å². The Morgan fingerprint density at radius 3 is 2.65 bits per heavy atom. The first kappa shape index (κ1) is 23.3. The Kier molecular flexibility index (Phi) is 7.46. The lowest BCUT2D eigenvalue weighted by atomic mass is 10.2. The number of amides is 1. The SMILES string of the molecule is COc1cc(/C=N\NC(=O)CSc2nnc(-c3ccccc3)n2-c2ccc(Cl)cc2)ccc1O. The van der Waals surface area contributed by atoms with Crippen LogP contribution in [0.2, 0.25) is 5.02 Å². The van der Waals surface area contributed by atoms with E-state index in [1.165, 1.54) is 31.2 Å². The summed E-state index contributed by atoms with van der Waals surface area (Å²) in [6.45, 7) is 0. The fourth-order valence-electron chi connectivity index (χ4n) is 3.08. The van der Waals surface area contributed by atoms with Gasteiger partial charge in [0.05, 0.1) is 19.1 Å². The molecule has 0 aliphatic heterocycles.